The minimum absolute atomic E-state index is 0.0781. The molecule has 1 saturated heterocycles. The number of aromatic nitrogens is 4. The summed E-state index contributed by atoms with van der Waals surface area (Å²) >= 11 is 0. The smallest absolute Gasteiger partial charge is 0.258 e. The van der Waals surface area contributed by atoms with Crippen molar-refractivity contribution < 1.29 is 9.59 Å². The summed E-state index contributed by atoms with van der Waals surface area (Å²) in [5, 5.41) is 7.35. The zero-order valence-corrected chi connectivity index (χ0v) is 17.1. The Bertz CT molecular complexity index is 1170. The molecule has 1 fully saturated rings. The average Bonchev–Trinajstić information content (AvgIpc) is 3.39. The molecule has 2 aliphatic heterocycles. The van der Waals surface area contributed by atoms with Gasteiger partial charge in [-0.05, 0) is 31.9 Å². The average molecular weight is 402 g/mol. The maximum absolute atomic E-state index is 13.7. The minimum Gasteiger partial charge on any atom is -0.330 e. The molecule has 152 valence electrons. The van der Waals surface area contributed by atoms with Crippen LogP contribution in [0.4, 0.5) is 5.69 Å². The third-order valence-electron chi connectivity index (χ3n) is 6.33. The van der Waals surface area contributed by atoms with Crippen molar-refractivity contribution in [3.63, 3.8) is 0 Å². The molecule has 4 heterocycles. The van der Waals surface area contributed by atoms with Crippen molar-refractivity contribution in [2.24, 2.45) is 7.05 Å². The van der Waals surface area contributed by atoms with Gasteiger partial charge in [0.2, 0.25) is 5.91 Å². The molecule has 1 spiro atoms. The number of benzene rings is 1. The summed E-state index contributed by atoms with van der Waals surface area (Å²) in [7, 11) is 1.83. The molecule has 8 nitrogen and oxygen atoms in total. The zero-order chi connectivity index (χ0) is 21.0. The Kier molecular flexibility index (Phi) is 3.99. The van der Waals surface area contributed by atoms with Crippen LogP contribution in [0.2, 0.25) is 0 Å². The molecule has 1 aromatic carbocycles. The van der Waals surface area contributed by atoms with Crippen LogP contribution in [0.25, 0.3) is 0 Å². The van der Waals surface area contributed by atoms with Crippen molar-refractivity contribution in [2.75, 3.05) is 11.9 Å². The number of para-hydroxylation sites is 1. The van der Waals surface area contributed by atoms with E-state index in [1.807, 2.05) is 51.4 Å². The van der Waals surface area contributed by atoms with E-state index in [4.69, 9.17) is 0 Å². The number of rotatable bonds is 2. The molecule has 2 aliphatic rings. The van der Waals surface area contributed by atoms with E-state index in [2.05, 4.69) is 20.4 Å². The summed E-state index contributed by atoms with van der Waals surface area (Å²) < 4.78 is 1.70. The van der Waals surface area contributed by atoms with E-state index in [1.165, 1.54) is 6.33 Å². The number of hydrogen-bond acceptors (Lipinski definition) is 5. The molecular formula is C22H22N6O2. The van der Waals surface area contributed by atoms with Gasteiger partial charge in [-0.25, -0.2) is 9.97 Å². The highest BCUT2D eigenvalue weighted by Gasteiger charge is 2.59. The second kappa shape index (κ2) is 6.48. The highest BCUT2D eigenvalue weighted by molar-refractivity contribution is 6.08. The van der Waals surface area contributed by atoms with Gasteiger partial charge in [0.05, 0.1) is 29.2 Å². The van der Waals surface area contributed by atoms with E-state index in [0.717, 1.165) is 16.8 Å². The van der Waals surface area contributed by atoms with Gasteiger partial charge in [0, 0.05) is 31.0 Å². The fraction of sp³-hybridized carbons (Fsp3) is 0.318. The number of nitrogens with zero attached hydrogens (tertiary/aromatic N) is 5. The Balaban J connectivity index is 1.69. The molecule has 5 rings (SSSR count). The maximum Gasteiger partial charge on any atom is 0.258 e. The molecule has 0 aliphatic carbocycles. The first-order valence-corrected chi connectivity index (χ1v) is 9.92. The van der Waals surface area contributed by atoms with Crippen molar-refractivity contribution in [1.29, 1.82) is 0 Å². The number of carbonyl (C=O) groups is 2. The zero-order valence-electron chi connectivity index (χ0n) is 17.1. The van der Waals surface area contributed by atoms with Crippen LogP contribution in [0.3, 0.4) is 0 Å². The Hall–Kier alpha value is -3.55. The molecule has 1 N–H and O–H groups in total. The quantitative estimate of drug-likeness (QED) is 0.710. The van der Waals surface area contributed by atoms with Gasteiger partial charge in [0.25, 0.3) is 5.91 Å². The molecule has 2 amide bonds. The molecule has 8 heteroatoms. The number of nitrogens with one attached hydrogen (secondary N) is 1. The highest BCUT2D eigenvalue weighted by Crippen LogP contribution is 2.54. The highest BCUT2D eigenvalue weighted by atomic mass is 16.2. The van der Waals surface area contributed by atoms with Crippen LogP contribution in [0, 0.1) is 13.8 Å². The summed E-state index contributed by atoms with van der Waals surface area (Å²) in [6, 6.07) is 7.26. The molecule has 0 bridgehead atoms. The van der Waals surface area contributed by atoms with Crippen molar-refractivity contribution in [2.45, 2.75) is 31.7 Å². The largest absolute Gasteiger partial charge is 0.330 e. The van der Waals surface area contributed by atoms with Crippen molar-refractivity contribution in [3.05, 3.63) is 71.1 Å². The second-order valence-corrected chi connectivity index (χ2v) is 7.99. The van der Waals surface area contributed by atoms with Crippen molar-refractivity contribution in [3.8, 4) is 0 Å². The number of hydrogen-bond donors (Lipinski definition) is 1. The lowest BCUT2D eigenvalue weighted by Gasteiger charge is -2.33. The summed E-state index contributed by atoms with van der Waals surface area (Å²) in [5.41, 5.74) is 3.48. The van der Waals surface area contributed by atoms with Crippen LogP contribution in [0.1, 0.15) is 45.3 Å². The van der Waals surface area contributed by atoms with Gasteiger partial charge in [-0.2, -0.15) is 5.10 Å². The Morgan fingerprint density at radius 3 is 2.63 bits per heavy atom. The first kappa shape index (κ1) is 18.5. The first-order chi connectivity index (χ1) is 14.4. The third-order valence-corrected chi connectivity index (χ3v) is 6.33. The molecule has 30 heavy (non-hydrogen) atoms. The van der Waals surface area contributed by atoms with Crippen molar-refractivity contribution >= 4 is 17.5 Å². The van der Waals surface area contributed by atoms with Crippen LogP contribution >= 0.6 is 0 Å². The summed E-state index contributed by atoms with van der Waals surface area (Å²) in [5.74, 6) is -0.237. The van der Waals surface area contributed by atoms with E-state index < -0.39 is 11.5 Å². The van der Waals surface area contributed by atoms with Gasteiger partial charge in [0.15, 0.2) is 0 Å². The fourth-order valence-corrected chi connectivity index (χ4v) is 5.00. The predicted octanol–water partition coefficient (Wildman–Crippen LogP) is 2.30. The van der Waals surface area contributed by atoms with Gasteiger partial charge in [-0.3, -0.25) is 14.3 Å². The lowest BCUT2D eigenvalue weighted by Crippen LogP contribution is -2.42. The summed E-state index contributed by atoms with van der Waals surface area (Å²) in [4.78, 5) is 37.3. The topological polar surface area (TPSA) is 93.0 Å². The van der Waals surface area contributed by atoms with Crippen LogP contribution in [-0.2, 0) is 17.3 Å². The van der Waals surface area contributed by atoms with E-state index in [9.17, 15) is 9.59 Å². The fourth-order valence-electron chi connectivity index (χ4n) is 5.00. The number of aryl methyl sites for hydroxylation is 3. The number of carbonyl (C=O) groups excluding carboxylic acids is 2. The van der Waals surface area contributed by atoms with Gasteiger partial charge >= 0.3 is 0 Å². The lowest BCUT2D eigenvalue weighted by molar-refractivity contribution is -0.121. The first-order valence-electron chi connectivity index (χ1n) is 9.92. The predicted molar refractivity (Wildman–Crippen MR) is 110 cm³/mol. The SMILES string of the molecule is Cc1ncnc(C)c1C(=O)N1CCC2(C(=O)Nc3ccccc32)C1c1cnn(C)c1. The normalized spacial score (nSPS) is 22.4. The molecule has 0 saturated carbocycles. The van der Waals surface area contributed by atoms with Crippen LogP contribution in [0.15, 0.2) is 43.0 Å². The van der Waals surface area contributed by atoms with Crippen LogP contribution in [-0.4, -0.2) is 43.0 Å². The molecular weight excluding hydrogens is 380 g/mol. The number of anilines is 1. The van der Waals surface area contributed by atoms with E-state index in [-0.39, 0.29) is 11.8 Å². The molecule has 3 aromatic rings. The summed E-state index contributed by atoms with van der Waals surface area (Å²) in [6.45, 7) is 4.07. The Labute approximate surface area is 173 Å². The van der Waals surface area contributed by atoms with Gasteiger partial charge in [-0.15, -0.1) is 0 Å². The molecule has 2 unspecified atom stereocenters. The van der Waals surface area contributed by atoms with E-state index in [0.29, 0.717) is 29.9 Å². The van der Waals surface area contributed by atoms with Gasteiger partial charge in [0.1, 0.15) is 11.7 Å². The Morgan fingerprint density at radius 2 is 1.93 bits per heavy atom. The van der Waals surface area contributed by atoms with E-state index >= 15 is 0 Å². The lowest BCUT2D eigenvalue weighted by atomic mass is 9.73. The van der Waals surface area contributed by atoms with Gasteiger partial charge in [-0.1, -0.05) is 18.2 Å². The van der Waals surface area contributed by atoms with Gasteiger partial charge < -0.3 is 10.2 Å². The molecule has 2 aromatic heterocycles. The maximum atomic E-state index is 13.7. The van der Waals surface area contributed by atoms with Crippen molar-refractivity contribution in [1.82, 2.24) is 24.6 Å². The summed E-state index contributed by atoms with van der Waals surface area (Å²) in [6.07, 6.45) is 5.62. The number of fused-ring (bicyclic) bond motifs is 2. The third kappa shape index (κ3) is 2.43. The van der Waals surface area contributed by atoms with Crippen LogP contribution < -0.4 is 5.32 Å². The standard InChI is InChI=1S/C22H22N6O2/c1-13-18(14(2)24-12-23-13)20(29)28-9-8-22(19(28)15-10-25-27(3)11-15)16-6-4-5-7-17(16)26-21(22)30/h4-7,10-12,19H,8-9H2,1-3H3,(H,26,30). The molecule has 0 radical (unpaired) electrons. The minimum atomic E-state index is -0.854. The monoisotopic (exact) mass is 402 g/mol. The number of amides is 2. The van der Waals surface area contributed by atoms with E-state index in [1.54, 1.807) is 15.8 Å². The number of likely N-dealkylation sites (tertiary alicyclic amines) is 1. The second-order valence-electron chi connectivity index (χ2n) is 7.99. The molecule has 2 atom stereocenters. The Morgan fingerprint density at radius 1 is 1.20 bits per heavy atom. The van der Waals surface area contributed by atoms with Crippen LogP contribution in [0.5, 0.6) is 0 Å².